The Morgan fingerprint density at radius 1 is 1.46 bits per heavy atom. The van der Waals surface area contributed by atoms with Crippen LogP contribution in [0.15, 0.2) is 24.3 Å². The molecule has 70 valence electrons. The van der Waals surface area contributed by atoms with Crippen LogP contribution >= 0.6 is 11.6 Å². The van der Waals surface area contributed by atoms with Crippen LogP contribution in [0.5, 0.6) is 5.75 Å². The number of ketones is 1. The Morgan fingerprint density at radius 3 is 2.77 bits per heavy atom. The first-order valence-corrected chi connectivity index (χ1v) is 4.22. The van der Waals surface area contributed by atoms with Gasteiger partial charge in [-0.1, -0.05) is 12.1 Å². The number of carbonyl (C=O) groups excluding carboxylic acids is 1. The largest absolute Gasteiger partial charge is 0.483 e. The first kappa shape index (κ1) is 9.99. The molecule has 4 heteroatoms. The number of hydrogen-bond acceptors (Lipinski definition) is 2. The molecule has 0 radical (unpaired) electrons. The Kier molecular flexibility index (Phi) is 3.71. The number of rotatable bonds is 4. The molecule has 1 aromatic rings. The maximum absolute atomic E-state index is 12.9. The van der Waals surface area contributed by atoms with Crippen LogP contribution < -0.4 is 4.74 Å². The van der Waals surface area contributed by atoms with Crippen LogP contribution in [0, 0.1) is 5.82 Å². The van der Waals surface area contributed by atoms with Crippen LogP contribution in [0.4, 0.5) is 4.39 Å². The molecular weight excluding hydrogens is 195 g/mol. The number of carbonyl (C=O) groups is 1. The van der Waals surface area contributed by atoms with Crippen LogP contribution in [0.2, 0.25) is 0 Å². The van der Waals surface area contributed by atoms with Crippen molar-refractivity contribution >= 4 is 17.4 Å². The molecule has 0 aliphatic heterocycles. The van der Waals surface area contributed by atoms with Gasteiger partial charge in [0.1, 0.15) is 6.61 Å². The summed E-state index contributed by atoms with van der Waals surface area (Å²) in [6.45, 7) is -0.190. The minimum atomic E-state index is -0.482. The quantitative estimate of drug-likeness (QED) is 0.699. The number of alkyl halides is 1. The lowest BCUT2D eigenvalue weighted by molar-refractivity contribution is -0.118. The zero-order valence-electron chi connectivity index (χ0n) is 6.80. The van der Waals surface area contributed by atoms with Crippen molar-refractivity contribution in [1.82, 2.24) is 0 Å². The normalized spacial score (nSPS) is 9.69. The van der Waals surface area contributed by atoms with E-state index in [1.165, 1.54) is 12.1 Å². The highest BCUT2D eigenvalue weighted by molar-refractivity contribution is 6.27. The van der Waals surface area contributed by atoms with E-state index in [1.807, 2.05) is 0 Å². The van der Waals surface area contributed by atoms with E-state index < -0.39 is 5.82 Å². The molecule has 0 N–H and O–H groups in total. The standard InChI is InChI=1S/C9H8ClFO2/c10-5-7(12)6-13-9-4-2-1-3-8(9)11/h1-4H,5-6H2. The van der Waals surface area contributed by atoms with Gasteiger partial charge in [0.25, 0.3) is 0 Å². The second kappa shape index (κ2) is 4.82. The maximum Gasteiger partial charge on any atom is 0.184 e. The monoisotopic (exact) mass is 202 g/mol. The lowest BCUT2D eigenvalue weighted by Gasteiger charge is -2.04. The number of para-hydroxylation sites is 1. The van der Waals surface area contributed by atoms with E-state index in [0.717, 1.165) is 0 Å². The van der Waals surface area contributed by atoms with Crippen molar-refractivity contribution in [3.05, 3.63) is 30.1 Å². The van der Waals surface area contributed by atoms with Crippen LogP contribution in [0.25, 0.3) is 0 Å². The number of halogens is 2. The Hall–Kier alpha value is -1.09. The number of ether oxygens (including phenoxy) is 1. The fourth-order valence-corrected chi connectivity index (χ4v) is 0.836. The molecule has 0 bridgehead atoms. The number of Topliss-reactive ketones (excluding diaryl/α,β-unsaturated/α-hetero) is 1. The molecule has 0 saturated heterocycles. The van der Waals surface area contributed by atoms with Gasteiger partial charge in [-0.3, -0.25) is 4.79 Å². The van der Waals surface area contributed by atoms with Crippen LogP contribution in [0.1, 0.15) is 0 Å². The van der Waals surface area contributed by atoms with Gasteiger partial charge < -0.3 is 4.74 Å². The van der Waals surface area contributed by atoms with Gasteiger partial charge in [-0.15, -0.1) is 11.6 Å². The van der Waals surface area contributed by atoms with Crippen LogP contribution in [-0.4, -0.2) is 18.3 Å². The van der Waals surface area contributed by atoms with Crippen molar-refractivity contribution in [2.75, 3.05) is 12.5 Å². The predicted octanol–water partition coefficient (Wildman–Crippen LogP) is 2.01. The molecule has 0 aliphatic rings. The average Bonchev–Trinajstić information content (AvgIpc) is 2.16. The highest BCUT2D eigenvalue weighted by atomic mass is 35.5. The molecule has 1 rings (SSSR count). The van der Waals surface area contributed by atoms with E-state index in [-0.39, 0.29) is 24.0 Å². The lowest BCUT2D eigenvalue weighted by Crippen LogP contribution is -2.12. The minimum Gasteiger partial charge on any atom is -0.483 e. The summed E-state index contributed by atoms with van der Waals surface area (Å²) >= 11 is 5.23. The second-order valence-electron chi connectivity index (χ2n) is 2.39. The maximum atomic E-state index is 12.9. The van der Waals surface area contributed by atoms with E-state index in [9.17, 15) is 9.18 Å². The second-order valence-corrected chi connectivity index (χ2v) is 2.66. The third-order valence-electron chi connectivity index (χ3n) is 1.37. The van der Waals surface area contributed by atoms with Gasteiger partial charge in [-0.25, -0.2) is 4.39 Å². The smallest absolute Gasteiger partial charge is 0.184 e. The van der Waals surface area contributed by atoms with Crippen LogP contribution in [-0.2, 0) is 4.79 Å². The summed E-state index contributed by atoms with van der Waals surface area (Å²) in [5.41, 5.74) is 0. The predicted molar refractivity (Wildman–Crippen MR) is 47.6 cm³/mol. The van der Waals surface area contributed by atoms with E-state index in [2.05, 4.69) is 0 Å². The van der Waals surface area contributed by atoms with E-state index in [0.29, 0.717) is 0 Å². The van der Waals surface area contributed by atoms with E-state index in [4.69, 9.17) is 16.3 Å². The molecule has 0 heterocycles. The Balaban J connectivity index is 2.54. The third-order valence-corrected chi connectivity index (χ3v) is 1.67. The summed E-state index contributed by atoms with van der Waals surface area (Å²) in [6, 6.07) is 5.90. The fourth-order valence-electron chi connectivity index (χ4n) is 0.759. The van der Waals surface area contributed by atoms with Crippen molar-refractivity contribution in [2.24, 2.45) is 0 Å². The molecule has 0 unspecified atom stereocenters. The fraction of sp³-hybridized carbons (Fsp3) is 0.222. The highest BCUT2D eigenvalue weighted by Crippen LogP contribution is 2.14. The molecule has 2 nitrogen and oxygen atoms in total. The Morgan fingerprint density at radius 2 is 2.15 bits per heavy atom. The first-order chi connectivity index (χ1) is 6.24. The van der Waals surface area contributed by atoms with Gasteiger partial charge in [0, 0.05) is 0 Å². The van der Waals surface area contributed by atoms with Gasteiger partial charge >= 0.3 is 0 Å². The minimum absolute atomic E-state index is 0.0703. The zero-order chi connectivity index (χ0) is 9.68. The summed E-state index contributed by atoms with van der Waals surface area (Å²) in [7, 11) is 0. The Labute approximate surface area is 80.3 Å². The first-order valence-electron chi connectivity index (χ1n) is 3.69. The van der Waals surface area contributed by atoms with Crippen molar-refractivity contribution in [1.29, 1.82) is 0 Å². The lowest BCUT2D eigenvalue weighted by atomic mass is 10.3. The van der Waals surface area contributed by atoms with E-state index >= 15 is 0 Å². The van der Waals surface area contributed by atoms with Crippen molar-refractivity contribution in [2.45, 2.75) is 0 Å². The van der Waals surface area contributed by atoms with Gasteiger partial charge in [-0.2, -0.15) is 0 Å². The average molecular weight is 203 g/mol. The molecule has 0 amide bonds. The van der Waals surface area contributed by atoms with Gasteiger partial charge in [-0.05, 0) is 12.1 Å². The molecule has 0 spiro atoms. The summed E-state index contributed by atoms with van der Waals surface area (Å²) in [4.78, 5) is 10.7. The highest BCUT2D eigenvalue weighted by Gasteiger charge is 2.04. The molecular formula is C9H8ClFO2. The summed E-state index contributed by atoms with van der Waals surface area (Å²) < 4.78 is 17.8. The Bertz CT molecular complexity index is 301. The molecule has 13 heavy (non-hydrogen) atoms. The topological polar surface area (TPSA) is 26.3 Å². The molecule has 0 saturated carbocycles. The molecule has 0 fully saturated rings. The number of benzene rings is 1. The van der Waals surface area contributed by atoms with Gasteiger partial charge in [0.05, 0.1) is 5.88 Å². The molecule has 1 aromatic carbocycles. The third kappa shape index (κ3) is 3.03. The SMILES string of the molecule is O=C(CCl)COc1ccccc1F. The van der Waals surface area contributed by atoms with Gasteiger partial charge in [0.2, 0.25) is 0 Å². The summed E-state index contributed by atoms with van der Waals surface area (Å²) in [5.74, 6) is -0.801. The zero-order valence-corrected chi connectivity index (χ0v) is 7.55. The summed E-state index contributed by atoms with van der Waals surface area (Å²) in [5, 5.41) is 0. The molecule has 0 aromatic heterocycles. The van der Waals surface area contributed by atoms with Crippen molar-refractivity contribution in [3.63, 3.8) is 0 Å². The van der Waals surface area contributed by atoms with Crippen LogP contribution in [0.3, 0.4) is 0 Å². The van der Waals surface area contributed by atoms with E-state index in [1.54, 1.807) is 12.1 Å². The summed E-state index contributed by atoms with van der Waals surface area (Å²) in [6.07, 6.45) is 0. The molecule has 0 aliphatic carbocycles. The van der Waals surface area contributed by atoms with Gasteiger partial charge in [0.15, 0.2) is 17.3 Å². The molecule has 0 atom stereocenters. The van der Waals surface area contributed by atoms with Crippen molar-refractivity contribution in [3.8, 4) is 5.75 Å². The number of hydrogen-bond donors (Lipinski definition) is 0. The van der Waals surface area contributed by atoms with Crippen molar-refractivity contribution < 1.29 is 13.9 Å².